The van der Waals surface area contributed by atoms with Gasteiger partial charge in [0, 0.05) is 6.20 Å². The van der Waals surface area contributed by atoms with Crippen LogP contribution in [0, 0.1) is 11.6 Å². The van der Waals surface area contributed by atoms with Crippen LogP contribution in [-0.4, -0.2) is 73.7 Å². The van der Waals surface area contributed by atoms with E-state index in [0.29, 0.717) is 36.6 Å². The van der Waals surface area contributed by atoms with Gasteiger partial charge in [0.1, 0.15) is 42.2 Å². The molecule has 0 spiro atoms. The van der Waals surface area contributed by atoms with Gasteiger partial charge in [0.15, 0.2) is 23.6 Å². The molecule has 5 atom stereocenters. The van der Waals surface area contributed by atoms with Crippen LogP contribution in [0.4, 0.5) is 14.6 Å². The van der Waals surface area contributed by atoms with Crippen LogP contribution < -0.4 is 5.32 Å². The molecule has 1 unspecified atom stereocenters. The molecule has 0 aliphatic carbocycles. The van der Waals surface area contributed by atoms with E-state index in [-0.39, 0.29) is 5.56 Å². The largest absolute Gasteiger partial charge is 0.387 e. The Balaban J connectivity index is 1.38. The Labute approximate surface area is 192 Å². The molecule has 4 heterocycles. The van der Waals surface area contributed by atoms with Crippen molar-refractivity contribution in [3.05, 3.63) is 54.0 Å². The van der Waals surface area contributed by atoms with E-state index >= 15 is 0 Å². The summed E-state index contributed by atoms with van der Waals surface area (Å²) < 4.78 is 45.4. The average molecular weight is 478 g/mol. The fourth-order valence-electron chi connectivity index (χ4n) is 4.28. The topological polar surface area (TPSA) is 131 Å². The van der Waals surface area contributed by atoms with E-state index in [1.54, 1.807) is 12.3 Å². The van der Waals surface area contributed by atoms with Crippen LogP contribution in [0.5, 0.6) is 0 Å². The van der Waals surface area contributed by atoms with Crippen molar-refractivity contribution in [3.63, 3.8) is 0 Å². The van der Waals surface area contributed by atoms with Crippen molar-refractivity contribution >= 4 is 16.9 Å². The second-order valence-electron chi connectivity index (χ2n) is 8.46. The van der Waals surface area contributed by atoms with Gasteiger partial charge in [-0.2, -0.15) is 0 Å². The van der Waals surface area contributed by atoms with Gasteiger partial charge in [-0.25, -0.2) is 18.7 Å². The van der Waals surface area contributed by atoms with Gasteiger partial charge in [-0.15, -0.1) is 0 Å². The van der Waals surface area contributed by atoms with Gasteiger partial charge in [0.05, 0.1) is 25.1 Å². The Bertz CT molecular complexity index is 1190. The van der Waals surface area contributed by atoms with Crippen molar-refractivity contribution in [1.29, 1.82) is 0 Å². The maximum absolute atomic E-state index is 13.6. The molecular weight excluding hydrogens is 454 g/mol. The molecule has 0 amide bonds. The Morgan fingerprint density at radius 3 is 2.65 bits per heavy atom. The molecule has 2 aromatic heterocycles. The van der Waals surface area contributed by atoms with Gasteiger partial charge in [-0.05, 0) is 30.7 Å². The SMILES string of the molecule is CC1(CNc2ncnc3c2ccn3[C@@H]2O[C@H](C(O)c3ccc(F)c(F)c3)[C@@H](O)[C@H]2O)OCCO1. The van der Waals surface area contributed by atoms with E-state index in [2.05, 4.69) is 15.3 Å². The number of ether oxygens (including phenoxy) is 3. The molecule has 1 aromatic carbocycles. The second-order valence-corrected chi connectivity index (χ2v) is 8.46. The predicted octanol–water partition coefficient (Wildman–Crippen LogP) is 1.24. The first kappa shape index (κ1) is 23.0. The van der Waals surface area contributed by atoms with Crippen molar-refractivity contribution in [2.24, 2.45) is 0 Å². The molecule has 12 heteroatoms. The Hall–Kier alpha value is -2.74. The number of halogens is 2. The molecule has 2 saturated heterocycles. The first-order chi connectivity index (χ1) is 16.3. The number of hydrogen-bond donors (Lipinski definition) is 4. The van der Waals surface area contributed by atoms with Crippen LogP contribution in [-0.2, 0) is 14.2 Å². The minimum absolute atomic E-state index is 0.00632. The maximum Gasteiger partial charge on any atom is 0.182 e. The zero-order valence-electron chi connectivity index (χ0n) is 18.1. The molecule has 3 aromatic rings. The Morgan fingerprint density at radius 2 is 1.91 bits per heavy atom. The molecule has 0 bridgehead atoms. The third kappa shape index (κ3) is 4.02. The second kappa shape index (κ2) is 8.80. The molecule has 5 rings (SSSR count). The van der Waals surface area contributed by atoms with Crippen LogP contribution in [0.25, 0.3) is 11.0 Å². The average Bonchev–Trinajstić information content (AvgIpc) is 3.53. The molecular formula is C22H24F2N4O6. The number of aromatic nitrogens is 3. The highest BCUT2D eigenvalue weighted by molar-refractivity contribution is 5.87. The third-order valence-corrected chi connectivity index (χ3v) is 6.13. The molecule has 10 nitrogen and oxygen atoms in total. The standard InChI is InChI=1S/C22H24F2N4O6/c1-22(32-6-7-33-22)9-25-19-12-4-5-28(20(12)27-10-26-19)21-17(31)16(30)18(34-21)15(29)11-2-3-13(23)14(24)8-11/h2-5,8,10,15-18,21,29-31H,6-7,9H2,1H3,(H,25,26,27)/t15?,16-,17+,18+,21+/m0/s1. The zero-order valence-corrected chi connectivity index (χ0v) is 18.1. The van der Waals surface area contributed by atoms with E-state index in [0.717, 1.165) is 12.1 Å². The van der Waals surface area contributed by atoms with E-state index in [1.165, 1.54) is 17.0 Å². The van der Waals surface area contributed by atoms with Crippen molar-refractivity contribution < 1.29 is 38.3 Å². The van der Waals surface area contributed by atoms with Crippen molar-refractivity contribution in [2.45, 2.75) is 43.4 Å². The third-order valence-electron chi connectivity index (χ3n) is 6.13. The molecule has 2 fully saturated rings. The summed E-state index contributed by atoms with van der Waals surface area (Å²) in [6.45, 7) is 3.17. The first-order valence-corrected chi connectivity index (χ1v) is 10.8. The van der Waals surface area contributed by atoms with E-state index in [4.69, 9.17) is 14.2 Å². The molecule has 0 saturated carbocycles. The predicted molar refractivity (Wildman–Crippen MR) is 114 cm³/mol. The van der Waals surface area contributed by atoms with E-state index < -0.39 is 48.1 Å². The summed E-state index contributed by atoms with van der Waals surface area (Å²) in [4.78, 5) is 8.54. The maximum atomic E-state index is 13.6. The van der Waals surface area contributed by atoms with Crippen molar-refractivity contribution in [3.8, 4) is 0 Å². The van der Waals surface area contributed by atoms with E-state index in [1.807, 2.05) is 6.92 Å². The number of benzene rings is 1. The summed E-state index contributed by atoms with van der Waals surface area (Å²) in [6, 6.07) is 4.60. The molecule has 182 valence electrons. The minimum Gasteiger partial charge on any atom is -0.387 e. The lowest BCUT2D eigenvalue weighted by molar-refractivity contribution is -0.129. The number of rotatable bonds is 6. The molecule has 0 radical (unpaired) electrons. The van der Waals surface area contributed by atoms with Gasteiger partial charge in [0.2, 0.25) is 0 Å². The summed E-state index contributed by atoms with van der Waals surface area (Å²) in [5, 5.41) is 35.7. The van der Waals surface area contributed by atoms with E-state index in [9.17, 15) is 24.1 Å². The molecule has 2 aliphatic heterocycles. The molecule has 4 N–H and O–H groups in total. The highest BCUT2D eigenvalue weighted by Gasteiger charge is 2.47. The lowest BCUT2D eigenvalue weighted by atomic mass is 9.99. The lowest BCUT2D eigenvalue weighted by Gasteiger charge is -2.23. The molecule has 2 aliphatic rings. The first-order valence-electron chi connectivity index (χ1n) is 10.8. The fourth-order valence-corrected chi connectivity index (χ4v) is 4.28. The molecule has 34 heavy (non-hydrogen) atoms. The number of fused-ring (bicyclic) bond motifs is 1. The Morgan fingerprint density at radius 1 is 1.15 bits per heavy atom. The lowest BCUT2D eigenvalue weighted by Crippen LogP contribution is -2.35. The summed E-state index contributed by atoms with van der Waals surface area (Å²) in [7, 11) is 0. The fraction of sp³-hybridized carbons (Fsp3) is 0.455. The van der Waals surface area contributed by atoms with Crippen molar-refractivity contribution in [2.75, 3.05) is 25.1 Å². The summed E-state index contributed by atoms with van der Waals surface area (Å²) in [5.41, 5.74) is 0.418. The highest BCUT2D eigenvalue weighted by atomic mass is 19.2. The number of anilines is 1. The van der Waals surface area contributed by atoms with Gasteiger partial charge in [-0.1, -0.05) is 6.07 Å². The number of aliphatic hydroxyl groups is 3. The Kier molecular flexibility index (Phi) is 5.96. The smallest absolute Gasteiger partial charge is 0.182 e. The zero-order chi connectivity index (χ0) is 24.0. The van der Waals surface area contributed by atoms with Crippen LogP contribution in [0.1, 0.15) is 24.8 Å². The van der Waals surface area contributed by atoms with Crippen LogP contribution >= 0.6 is 0 Å². The highest BCUT2D eigenvalue weighted by Crippen LogP contribution is 2.38. The summed E-state index contributed by atoms with van der Waals surface area (Å²) >= 11 is 0. The number of nitrogens with one attached hydrogen (secondary N) is 1. The van der Waals surface area contributed by atoms with Gasteiger partial charge in [-0.3, -0.25) is 0 Å². The van der Waals surface area contributed by atoms with Crippen molar-refractivity contribution in [1.82, 2.24) is 14.5 Å². The minimum atomic E-state index is -1.51. The number of hydrogen-bond acceptors (Lipinski definition) is 9. The van der Waals surface area contributed by atoms with Crippen LogP contribution in [0.2, 0.25) is 0 Å². The monoisotopic (exact) mass is 478 g/mol. The summed E-state index contributed by atoms with van der Waals surface area (Å²) in [6.07, 6.45) is -3.87. The normalized spacial score (nSPS) is 27.4. The number of nitrogens with zero attached hydrogens (tertiary/aromatic N) is 3. The quantitative estimate of drug-likeness (QED) is 0.413. The van der Waals surface area contributed by atoms with Gasteiger partial charge >= 0.3 is 0 Å². The van der Waals surface area contributed by atoms with Crippen LogP contribution in [0.3, 0.4) is 0 Å². The summed E-state index contributed by atoms with van der Waals surface area (Å²) in [5.74, 6) is -2.48. The van der Waals surface area contributed by atoms with Gasteiger partial charge < -0.3 is 39.4 Å². The van der Waals surface area contributed by atoms with Crippen LogP contribution in [0.15, 0.2) is 36.8 Å². The number of aliphatic hydroxyl groups excluding tert-OH is 3. The van der Waals surface area contributed by atoms with Gasteiger partial charge in [0.25, 0.3) is 0 Å².